The topological polar surface area (TPSA) is 76.4 Å². The summed E-state index contributed by atoms with van der Waals surface area (Å²) in [6, 6.07) is 10.9. The van der Waals surface area contributed by atoms with Gasteiger partial charge in [-0.05, 0) is 25.1 Å². The molecule has 0 saturated carbocycles. The molecule has 2 aromatic rings. The fraction of sp³-hybridized carbons (Fsp3) is 0.368. The van der Waals surface area contributed by atoms with Gasteiger partial charge in [0.1, 0.15) is 17.5 Å². The van der Waals surface area contributed by atoms with Crippen LogP contribution in [-0.2, 0) is 0 Å². The van der Waals surface area contributed by atoms with E-state index in [4.69, 9.17) is 5.26 Å². The number of rotatable bonds is 3. The molecule has 1 amide bonds. The van der Waals surface area contributed by atoms with Crippen LogP contribution in [0.5, 0.6) is 0 Å². The minimum Gasteiger partial charge on any atom is -0.363 e. The lowest BCUT2D eigenvalue weighted by Crippen LogP contribution is -2.49. The van der Waals surface area contributed by atoms with Gasteiger partial charge < -0.3 is 14.7 Å². The number of carbonyl (C=O) groups is 1. The fourth-order valence-electron chi connectivity index (χ4n) is 2.97. The zero-order chi connectivity index (χ0) is 18.7. The van der Waals surface area contributed by atoms with Crippen LogP contribution in [0.4, 0.5) is 11.6 Å². The van der Waals surface area contributed by atoms with E-state index in [0.29, 0.717) is 37.3 Å². The number of hydrogen-bond donors (Lipinski definition) is 0. The van der Waals surface area contributed by atoms with Crippen molar-refractivity contribution in [3.8, 4) is 6.07 Å². The number of nitrogens with zero attached hydrogens (tertiary/aromatic N) is 6. The highest BCUT2D eigenvalue weighted by molar-refractivity contribution is 5.94. The fourth-order valence-corrected chi connectivity index (χ4v) is 2.97. The Morgan fingerprint density at radius 3 is 2.54 bits per heavy atom. The summed E-state index contributed by atoms with van der Waals surface area (Å²) in [4.78, 5) is 27.6. The largest absolute Gasteiger partial charge is 0.363 e. The normalized spacial score (nSPS) is 14.1. The third-order valence-corrected chi connectivity index (χ3v) is 4.40. The van der Waals surface area contributed by atoms with Crippen molar-refractivity contribution >= 4 is 17.5 Å². The van der Waals surface area contributed by atoms with Crippen molar-refractivity contribution in [2.45, 2.75) is 6.92 Å². The van der Waals surface area contributed by atoms with Crippen LogP contribution in [0.25, 0.3) is 0 Å². The lowest BCUT2D eigenvalue weighted by molar-refractivity contribution is 0.0746. The van der Waals surface area contributed by atoms with E-state index < -0.39 is 0 Å². The molecule has 0 aliphatic carbocycles. The van der Waals surface area contributed by atoms with E-state index in [2.05, 4.69) is 20.9 Å². The average Bonchev–Trinajstić information content (AvgIpc) is 2.67. The van der Waals surface area contributed by atoms with Crippen molar-refractivity contribution < 1.29 is 4.79 Å². The van der Waals surface area contributed by atoms with Crippen LogP contribution in [0.1, 0.15) is 21.7 Å². The Kier molecular flexibility index (Phi) is 5.03. The van der Waals surface area contributed by atoms with Gasteiger partial charge in [-0.1, -0.05) is 6.07 Å². The quantitative estimate of drug-likeness (QED) is 0.838. The SMILES string of the molecule is Cc1nc(N(C)C)cc(N2CCN(C(=O)c3cccc(C#N)c3)CC2)n1. The molecule has 2 heterocycles. The van der Waals surface area contributed by atoms with Gasteiger partial charge in [0, 0.05) is 51.9 Å². The highest BCUT2D eigenvalue weighted by Crippen LogP contribution is 2.20. The van der Waals surface area contributed by atoms with E-state index in [1.165, 1.54) is 0 Å². The monoisotopic (exact) mass is 350 g/mol. The second-order valence-electron chi connectivity index (χ2n) is 6.50. The van der Waals surface area contributed by atoms with Gasteiger partial charge in [-0.2, -0.15) is 5.26 Å². The minimum absolute atomic E-state index is 0.0328. The Hall–Kier alpha value is -3.14. The number of benzene rings is 1. The van der Waals surface area contributed by atoms with Crippen LogP contribution in [-0.4, -0.2) is 61.0 Å². The number of amides is 1. The van der Waals surface area contributed by atoms with Gasteiger partial charge in [0.15, 0.2) is 0 Å². The van der Waals surface area contributed by atoms with Gasteiger partial charge in [0.05, 0.1) is 11.6 Å². The Morgan fingerprint density at radius 1 is 1.15 bits per heavy atom. The van der Waals surface area contributed by atoms with E-state index >= 15 is 0 Å². The van der Waals surface area contributed by atoms with Crippen molar-refractivity contribution in [1.82, 2.24) is 14.9 Å². The molecule has 0 bridgehead atoms. The van der Waals surface area contributed by atoms with Gasteiger partial charge in [-0.15, -0.1) is 0 Å². The molecule has 0 radical (unpaired) electrons. The first-order valence-corrected chi connectivity index (χ1v) is 8.55. The molecule has 26 heavy (non-hydrogen) atoms. The van der Waals surface area contributed by atoms with Crippen molar-refractivity contribution in [3.05, 3.63) is 47.3 Å². The van der Waals surface area contributed by atoms with E-state index in [1.807, 2.05) is 36.9 Å². The summed E-state index contributed by atoms with van der Waals surface area (Å²) in [6.45, 7) is 4.56. The Bertz CT molecular complexity index is 849. The highest BCUT2D eigenvalue weighted by atomic mass is 16.2. The zero-order valence-corrected chi connectivity index (χ0v) is 15.3. The third kappa shape index (κ3) is 3.75. The molecule has 1 saturated heterocycles. The molecule has 3 rings (SSSR count). The first kappa shape index (κ1) is 17.7. The molecule has 0 spiro atoms. The lowest BCUT2D eigenvalue weighted by atomic mass is 10.1. The maximum atomic E-state index is 12.7. The molecular weight excluding hydrogens is 328 g/mol. The van der Waals surface area contributed by atoms with Crippen LogP contribution in [0.15, 0.2) is 30.3 Å². The summed E-state index contributed by atoms with van der Waals surface area (Å²) in [5, 5.41) is 9.00. The number of aromatic nitrogens is 2. The summed E-state index contributed by atoms with van der Waals surface area (Å²) in [5.74, 6) is 2.46. The Balaban J connectivity index is 1.69. The molecule has 1 aromatic heterocycles. The number of carbonyl (C=O) groups excluding carboxylic acids is 1. The summed E-state index contributed by atoms with van der Waals surface area (Å²) in [6.07, 6.45) is 0. The number of aryl methyl sites for hydroxylation is 1. The molecule has 1 aliphatic heterocycles. The molecule has 134 valence electrons. The van der Waals surface area contributed by atoms with Gasteiger partial charge >= 0.3 is 0 Å². The number of hydrogen-bond acceptors (Lipinski definition) is 6. The molecule has 0 unspecified atom stereocenters. The first-order chi connectivity index (χ1) is 12.5. The highest BCUT2D eigenvalue weighted by Gasteiger charge is 2.23. The lowest BCUT2D eigenvalue weighted by Gasteiger charge is -2.35. The van der Waals surface area contributed by atoms with Crippen LogP contribution in [0.2, 0.25) is 0 Å². The van der Waals surface area contributed by atoms with Crippen molar-refractivity contribution in [1.29, 1.82) is 5.26 Å². The number of anilines is 2. The van der Waals surface area contributed by atoms with Crippen LogP contribution in [0, 0.1) is 18.3 Å². The molecule has 7 nitrogen and oxygen atoms in total. The standard InChI is InChI=1S/C19H22N6O/c1-14-21-17(23(2)3)12-18(22-14)24-7-9-25(10-8-24)19(26)16-6-4-5-15(11-16)13-20/h4-6,11-12H,7-10H2,1-3H3. The summed E-state index contributed by atoms with van der Waals surface area (Å²) in [5.41, 5.74) is 1.06. The Labute approximate surface area is 153 Å². The number of piperazine rings is 1. The minimum atomic E-state index is -0.0328. The molecule has 1 aliphatic rings. The van der Waals surface area contributed by atoms with E-state index in [9.17, 15) is 4.79 Å². The predicted molar refractivity (Wildman–Crippen MR) is 100 cm³/mol. The molecule has 0 atom stereocenters. The maximum absolute atomic E-state index is 12.7. The van der Waals surface area contributed by atoms with Gasteiger partial charge in [0.25, 0.3) is 5.91 Å². The zero-order valence-electron chi connectivity index (χ0n) is 15.3. The van der Waals surface area contributed by atoms with Gasteiger partial charge in [-0.25, -0.2) is 9.97 Å². The molecular formula is C19H22N6O. The molecule has 0 N–H and O–H groups in total. The molecule has 1 aromatic carbocycles. The first-order valence-electron chi connectivity index (χ1n) is 8.55. The van der Waals surface area contributed by atoms with E-state index in [1.54, 1.807) is 24.3 Å². The van der Waals surface area contributed by atoms with Crippen molar-refractivity contribution in [3.63, 3.8) is 0 Å². The van der Waals surface area contributed by atoms with Crippen molar-refractivity contribution in [2.75, 3.05) is 50.1 Å². The van der Waals surface area contributed by atoms with Crippen LogP contribution >= 0.6 is 0 Å². The van der Waals surface area contributed by atoms with Crippen molar-refractivity contribution in [2.24, 2.45) is 0 Å². The second kappa shape index (κ2) is 7.40. The van der Waals surface area contributed by atoms with E-state index in [-0.39, 0.29) is 5.91 Å². The second-order valence-corrected chi connectivity index (χ2v) is 6.50. The van der Waals surface area contributed by atoms with E-state index in [0.717, 1.165) is 17.5 Å². The number of nitriles is 1. The van der Waals surface area contributed by atoms with Crippen LogP contribution < -0.4 is 9.80 Å². The van der Waals surface area contributed by atoms with Gasteiger partial charge in [0.2, 0.25) is 0 Å². The average molecular weight is 350 g/mol. The molecule has 1 fully saturated rings. The maximum Gasteiger partial charge on any atom is 0.254 e. The third-order valence-electron chi connectivity index (χ3n) is 4.40. The smallest absolute Gasteiger partial charge is 0.254 e. The van der Waals surface area contributed by atoms with Crippen LogP contribution in [0.3, 0.4) is 0 Å². The van der Waals surface area contributed by atoms with Gasteiger partial charge in [-0.3, -0.25) is 4.79 Å². The summed E-state index contributed by atoms with van der Waals surface area (Å²) < 4.78 is 0. The summed E-state index contributed by atoms with van der Waals surface area (Å²) >= 11 is 0. The summed E-state index contributed by atoms with van der Waals surface area (Å²) in [7, 11) is 3.91. The molecule has 7 heteroatoms. The predicted octanol–water partition coefficient (Wildman–Crippen LogP) is 1.69. The Morgan fingerprint density at radius 2 is 1.88 bits per heavy atom.